The fourth-order valence-corrected chi connectivity index (χ4v) is 2.26. The van der Waals surface area contributed by atoms with E-state index in [-0.39, 0.29) is 11.1 Å². The first kappa shape index (κ1) is 18.3. The molecule has 0 fully saturated rings. The maximum Gasteiger partial charge on any atom is 0.416 e. The Kier molecular flexibility index (Phi) is 5.28. The molecule has 1 amide bonds. The Hall–Kier alpha value is -3.07. The molecule has 2 aromatic rings. The van der Waals surface area contributed by atoms with Crippen molar-refractivity contribution in [1.82, 2.24) is 0 Å². The summed E-state index contributed by atoms with van der Waals surface area (Å²) in [5.41, 5.74) is 1.40. The molecule has 2 rings (SSSR count). The Bertz CT molecular complexity index is 877. The third kappa shape index (κ3) is 4.70. The standard InChI is InChI=1S/C19H15F3N2O/c1-12-6-7-17(13(2)8-12)24-18(25)15(11-23)9-14-4-3-5-16(10-14)19(20,21)22/h3-10H,1-2H3,(H,24,25)/b15-9+. The van der Waals surface area contributed by atoms with Crippen LogP contribution in [0.5, 0.6) is 0 Å². The molecule has 0 bridgehead atoms. The highest BCUT2D eigenvalue weighted by Gasteiger charge is 2.30. The fourth-order valence-electron chi connectivity index (χ4n) is 2.26. The van der Waals surface area contributed by atoms with Gasteiger partial charge < -0.3 is 5.32 Å². The molecule has 1 N–H and O–H groups in total. The predicted octanol–water partition coefficient (Wildman–Crippen LogP) is 4.87. The summed E-state index contributed by atoms with van der Waals surface area (Å²) in [7, 11) is 0. The van der Waals surface area contributed by atoms with E-state index >= 15 is 0 Å². The van der Waals surface area contributed by atoms with E-state index in [0.717, 1.165) is 29.3 Å². The van der Waals surface area contributed by atoms with Crippen molar-refractivity contribution in [2.75, 3.05) is 5.32 Å². The molecule has 0 radical (unpaired) electrons. The van der Waals surface area contributed by atoms with E-state index < -0.39 is 17.6 Å². The van der Waals surface area contributed by atoms with Gasteiger partial charge in [0.15, 0.2) is 0 Å². The van der Waals surface area contributed by atoms with Gasteiger partial charge in [0, 0.05) is 5.69 Å². The van der Waals surface area contributed by atoms with Crippen LogP contribution in [0.1, 0.15) is 22.3 Å². The number of alkyl halides is 3. The third-order valence-corrected chi connectivity index (χ3v) is 3.52. The molecular weight excluding hydrogens is 329 g/mol. The second-order valence-electron chi connectivity index (χ2n) is 5.57. The van der Waals surface area contributed by atoms with Crippen LogP contribution in [0.3, 0.4) is 0 Å². The monoisotopic (exact) mass is 344 g/mol. The average molecular weight is 344 g/mol. The molecule has 0 unspecified atom stereocenters. The molecule has 0 heterocycles. The lowest BCUT2D eigenvalue weighted by Crippen LogP contribution is -2.14. The van der Waals surface area contributed by atoms with Gasteiger partial charge in [0.05, 0.1) is 5.56 Å². The van der Waals surface area contributed by atoms with Gasteiger partial charge >= 0.3 is 6.18 Å². The third-order valence-electron chi connectivity index (χ3n) is 3.52. The van der Waals surface area contributed by atoms with Gasteiger partial charge in [0.2, 0.25) is 0 Å². The van der Waals surface area contributed by atoms with E-state index in [1.54, 1.807) is 12.1 Å². The minimum absolute atomic E-state index is 0.127. The minimum Gasteiger partial charge on any atom is -0.321 e. The summed E-state index contributed by atoms with van der Waals surface area (Å²) in [4.78, 5) is 12.2. The quantitative estimate of drug-likeness (QED) is 0.638. The van der Waals surface area contributed by atoms with Gasteiger partial charge in [-0.05, 0) is 49.2 Å². The van der Waals surface area contributed by atoms with Crippen LogP contribution in [0.2, 0.25) is 0 Å². The highest BCUT2D eigenvalue weighted by molar-refractivity contribution is 6.09. The number of halogens is 3. The number of nitrogens with one attached hydrogen (secondary N) is 1. The number of nitriles is 1. The molecule has 0 aliphatic carbocycles. The van der Waals surface area contributed by atoms with Crippen LogP contribution in [-0.2, 0) is 11.0 Å². The highest BCUT2D eigenvalue weighted by Crippen LogP contribution is 2.30. The van der Waals surface area contributed by atoms with Gasteiger partial charge in [-0.1, -0.05) is 29.8 Å². The zero-order valence-electron chi connectivity index (χ0n) is 13.6. The van der Waals surface area contributed by atoms with Crippen LogP contribution >= 0.6 is 0 Å². The van der Waals surface area contributed by atoms with Crippen molar-refractivity contribution in [3.63, 3.8) is 0 Å². The van der Waals surface area contributed by atoms with E-state index in [1.165, 1.54) is 12.1 Å². The lowest BCUT2D eigenvalue weighted by molar-refractivity contribution is -0.137. The number of benzene rings is 2. The van der Waals surface area contributed by atoms with Crippen LogP contribution in [0.25, 0.3) is 6.08 Å². The number of carbonyl (C=O) groups is 1. The molecule has 3 nitrogen and oxygen atoms in total. The van der Waals surface area contributed by atoms with Crippen LogP contribution < -0.4 is 5.32 Å². The van der Waals surface area contributed by atoms with E-state index in [9.17, 15) is 23.2 Å². The second kappa shape index (κ2) is 7.22. The molecule has 2 aromatic carbocycles. The number of hydrogen-bond donors (Lipinski definition) is 1. The number of rotatable bonds is 3. The number of nitrogens with zero attached hydrogens (tertiary/aromatic N) is 1. The van der Waals surface area contributed by atoms with Crippen molar-refractivity contribution in [2.24, 2.45) is 0 Å². The van der Waals surface area contributed by atoms with E-state index in [4.69, 9.17) is 0 Å². The zero-order valence-corrected chi connectivity index (χ0v) is 13.6. The maximum atomic E-state index is 12.7. The largest absolute Gasteiger partial charge is 0.416 e. The summed E-state index contributed by atoms with van der Waals surface area (Å²) >= 11 is 0. The Morgan fingerprint density at radius 2 is 1.88 bits per heavy atom. The number of hydrogen-bond acceptors (Lipinski definition) is 2. The first-order valence-electron chi connectivity index (χ1n) is 7.38. The van der Waals surface area contributed by atoms with E-state index in [0.29, 0.717) is 5.69 Å². The average Bonchev–Trinajstić information content (AvgIpc) is 2.54. The summed E-state index contributed by atoms with van der Waals surface area (Å²) in [6.45, 7) is 3.72. The highest BCUT2D eigenvalue weighted by atomic mass is 19.4. The van der Waals surface area contributed by atoms with Crippen LogP contribution in [0.15, 0.2) is 48.0 Å². The summed E-state index contributed by atoms with van der Waals surface area (Å²) < 4.78 is 38.2. The number of aryl methyl sites for hydroxylation is 2. The van der Waals surface area contributed by atoms with Crippen LogP contribution in [-0.4, -0.2) is 5.91 Å². The van der Waals surface area contributed by atoms with Gasteiger partial charge in [-0.3, -0.25) is 4.79 Å². The van der Waals surface area contributed by atoms with E-state index in [1.807, 2.05) is 26.0 Å². The Balaban J connectivity index is 2.28. The molecule has 0 spiro atoms. The van der Waals surface area contributed by atoms with Crippen LogP contribution in [0.4, 0.5) is 18.9 Å². The van der Waals surface area contributed by atoms with Gasteiger partial charge in [-0.15, -0.1) is 0 Å². The maximum absolute atomic E-state index is 12.7. The van der Waals surface area contributed by atoms with Crippen molar-refractivity contribution < 1.29 is 18.0 Å². The van der Waals surface area contributed by atoms with Crippen LogP contribution in [0, 0.1) is 25.2 Å². The lowest BCUT2D eigenvalue weighted by Gasteiger charge is -2.09. The summed E-state index contributed by atoms with van der Waals surface area (Å²) in [5.74, 6) is -0.674. The first-order valence-corrected chi connectivity index (χ1v) is 7.38. The number of amides is 1. The topological polar surface area (TPSA) is 52.9 Å². The van der Waals surface area contributed by atoms with Crippen molar-refractivity contribution in [3.05, 3.63) is 70.3 Å². The summed E-state index contributed by atoms with van der Waals surface area (Å²) in [6, 6.07) is 11.6. The molecular formula is C19H15F3N2O. The van der Waals surface area contributed by atoms with Crippen molar-refractivity contribution in [3.8, 4) is 6.07 Å². The van der Waals surface area contributed by atoms with E-state index in [2.05, 4.69) is 5.32 Å². The van der Waals surface area contributed by atoms with Crippen molar-refractivity contribution in [2.45, 2.75) is 20.0 Å². The lowest BCUT2D eigenvalue weighted by atomic mass is 10.1. The molecule has 0 atom stereocenters. The van der Waals surface area contributed by atoms with Gasteiger partial charge in [0.1, 0.15) is 11.6 Å². The molecule has 25 heavy (non-hydrogen) atoms. The van der Waals surface area contributed by atoms with Crippen molar-refractivity contribution in [1.29, 1.82) is 5.26 Å². The molecule has 0 saturated carbocycles. The molecule has 0 saturated heterocycles. The number of carbonyl (C=O) groups excluding carboxylic acids is 1. The number of anilines is 1. The SMILES string of the molecule is Cc1ccc(NC(=O)/C(C#N)=C/c2cccc(C(F)(F)F)c2)c(C)c1. The molecule has 0 aliphatic heterocycles. The molecule has 0 aliphatic rings. The Labute approximate surface area is 143 Å². The zero-order chi connectivity index (χ0) is 18.6. The predicted molar refractivity (Wildman–Crippen MR) is 89.6 cm³/mol. The molecule has 128 valence electrons. The van der Waals surface area contributed by atoms with Gasteiger partial charge in [0.25, 0.3) is 5.91 Å². The van der Waals surface area contributed by atoms with Gasteiger partial charge in [-0.2, -0.15) is 18.4 Å². The van der Waals surface area contributed by atoms with Crippen molar-refractivity contribution >= 4 is 17.7 Å². The Morgan fingerprint density at radius 3 is 2.48 bits per heavy atom. The first-order chi connectivity index (χ1) is 11.7. The summed E-state index contributed by atoms with van der Waals surface area (Å²) in [6.07, 6.45) is -3.36. The normalized spacial score (nSPS) is 11.8. The second-order valence-corrected chi connectivity index (χ2v) is 5.57. The molecule has 0 aromatic heterocycles. The Morgan fingerprint density at radius 1 is 1.16 bits per heavy atom. The van der Waals surface area contributed by atoms with Gasteiger partial charge in [-0.25, -0.2) is 0 Å². The minimum atomic E-state index is -4.49. The summed E-state index contributed by atoms with van der Waals surface area (Å²) in [5, 5.41) is 11.8. The molecule has 6 heteroatoms. The fraction of sp³-hybridized carbons (Fsp3) is 0.158. The smallest absolute Gasteiger partial charge is 0.321 e.